The van der Waals surface area contributed by atoms with Crippen LogP contribution in [0.15, 0.2) is 97.1 Å². The minimum Gasteiger partial charge on any atom is -0.465 e. The van der Waals surface area contributed by atoms with Crippen LogP contribution < -0.4 is 5.32 Å². The van der Waals surface area contributed by atoms with Crippen LogP contribution >= 0.6 is 0 Å². The number of alkyl carbamates (subject to hydrolysis) is 1. The molecule has 15 heteroatoms. The summed E-state index contributed by atoms with van der Waals surface area (Å²) in [6, 6.07) is 31.9. The molecule has 3 aromatic carbocycles. The number of methoxy groups -OCH3 is 1. The summed E-state index contributed by atoms with van der Waals surface area (Å²) in [5, 5.41) is 28.2. The summed E-state index contributed by atoms with van der Waals surface area (Å²) in [5.74, 6) is -0.623. The second-order valence-corrected chi connectivity index (χ2v) is 20.1. The molecule has 0 aliphatic carbocycles. The average Bonchev–Trinajstić information content (AvgIpc) is 4.20. The van der Waals surface area contributed by atoms with E-state index >= 15 is 0 Å². The number of rotatable bonds is 13. The average molecular weight is 936 g/mol. The number of aromatic nitrogens is 5. The largest absolute Gasteiger partial charge is 0.465 e. The van der Waals surface area contributed by atoms with Crippen molar-refractivity contribution in [3.63, 3.8) is 0 Å². The number of aromatic amines is 2. The first-order chi connectivity index (χ1) is 32.9. The van der Waals surface area contributed by atoms with Crippen LogP contribution in [-0.2, 0) is 19.7 Å². The van der Waals surface area contributed by atoms with Gasteiger partial charge in [0.2, 0.25) is 11.8 Å². The van der Waals surface area contributed by atoms with Crippen LogP contribution in [0.1, 0.15) is 103 Å². The van der Waals surface area contributed by atoms with E-state index < -0.39 is 24.3 Å². The number of likely N-dealkylation sites (N-methyl/N-ethyl adjacent to an activating group) is 1. The first-order valence-corrected chi connectivity index (χ1v) is 24.0. The van der Waals surface area contributed by atoms with E-state index in [1.807, 2.05) is 44.7 Å². The number of carbonyl (C=O) groups excluding carboxylic acids is 3. The summed E-state index contributed by atoms with van der Waals surface area (Å²) >= 11 is 0. The van der Waals surface area contributed by atoms with Crippen LogP contribution in [0, 0.1) is 11.8 Å². The number of ether oxygens (including phenoxy) is 1. The zero-order valence-corrected chi connectivity index (χ0v) is 41.1. The maximum Gasteiger partial charge on any atom is 0.407 e. The predicted octanol–water partition coefficient (Wildman–Crippen LogP) is 10.2. The smallest absolute Gasteiger partial charge is 0.407 e. The summed E-state index contributed by atoms with van der Waals surface area (Å²) in [6.07, 6.45) is 1.47. The van der Waals surface area contributed by atoms with Gasteiger partial charge < -0.3 is 29.5 Å². The number of H-pyrrole nitrogens is 2. The summed E-state index contributed by atoms with van der Waals surface area (Å²) in [7, 11) is 2.75. The van der Waals surface area contributed by atoms with Gasteiger partial charge in [0.15, 0.2) is 0 Å². The number of hydrogen-bond donors (Lipinski definition) is 4. The van der Waals surface area contributed by atoms with Gasteiger partial charge in [0.05, 0.1) is 53.4 Å². The number of hydrogen-bond acceptors (Lipinski definition) is 7. The molecule has 2 aliphatic rings. The van der Waals surface area contributed by atoms with Gasteiger partial charge in [-0.1, -0.05) is 109 Å². The molecule has 0 radical (unpaired) electrons. The monoisotopic (exact) mass is 936 g/mol. The zero-order chi connectivity index (χ0) is 49.3. The van der Waals surface area contributed by atoms with Gasteiger partial charge in [-0.25, -0.2) is 9.59 Å². The maximum absolute atomic E-state index is 13.8. The van der Waals surface area contributed by atoms with Gasteiger partial charge in [0.1, 0.15) is 12.1 Å². The Bertz CT molecular complexity index is 2780. The van der Waals surface area contributed by atoms with Crippen molar-refractivity contribution in [3.8, 4) is 50.7 Å². The first kappa shape index (κ1) is 48.3. The molecule has 2 saturated heterocycles. The fourth-order valence-electron chi connectivity index (χ4n) is 9.98. The Balaban J connectivity index is 1.05. The third-order valence-corrected chi connectivity index (χ3v) is 13.8. The molecule has 3 aromatic heterocycles. The molecule has 8 rings (SSSR count). The lowest BCUT2D eigenvalue weighted by molar-refractivity contribution is -0.138. The number of benzene rings is 3. The molecule has 5 heterocycles. The molecule has 0 unspecified atom stereocenters. The van der Waals surface area contributed by atoms with Crippen molar-refractivity contribution in [1.82, 2.24) is 45.0 Å². The first-order valence-electron chi connectivity index (χ1n) is 24.0. The Hall–Kier alpha value is -7.16. The predicted molar refractivity (Wildman–Crippen MR) is 266 cm³/mol. The number of carboxylic acid groups (broad SMARTS) is 1. The Morgan fingerprint density at radius 2 is 1.16 bits per heavy atom. The van der Waals surface area contributed by atoms with Crippen LogP contribution in [0.25, 0.3) is 50.7 Å². The topological polar surface area (TPSA) is 182 Å². The second kappa shape index (κ2) is 19.8. The molecule has 0 saturated carbocycles. The molecule has 69 heavy (non-hydrogen) atoms. The van der Waals surface area contributed by atoms with Gasteiger partial charge in [0.25, 0.3) is 0 Å². The van der Waals surface area contributed by atoms with Crippen molar-refractivity contribution >= 4 is 24.0 Å². The summed E-state index contributed by atoms with van der Waals surface area (Å²) < 4.78 is 7.10. The molecule has 0 bridgehead atoms. The van der Waals surface area contributed by atoms with Gasteiger partial charge in [-0.05, 0) is 96.0 Å². The van der Waals surface area contributed by atoms with Gasteiger partial charge >= 0.3 is 12.2 Å². The Kier molecular flexibility index (Phi) is 13.9. The highest BCUT2D eigenvalue weighted by molar-refractivity contribution is 5.87. The van der Waals surface area contributed by atoms with Crippen molar-refractivity contribution in [2.75, 3.05) is 27.2 Å². The summed E-state index contributed by atoms with van der Waals surface area (Å²) in [4.78, 5) is 56.3. The highest BCUT2D eigenvalue weighted by Gasteiger charge is 2.40. The Morgan fingerprint density at radius 1 is 0.696 bits per heavy atom. The summed E-state index contributed by atoms with van der Waals surface area (Å²) in [5.41, 5.74) is 11.4. The van der Waals surface area contributed by atoms with Crippen LogP contribution in [0.5, 0.6) is 0 Å². The van der Waals surface area contributed by atoms with Crippen LogP contribution in [0.2, 0.25) is 0 Å². The van der Waals surface area contributed by atoms with E-state index in [0.717, 1.165) is 92.7 Å². The zero-order valence-electron chi connectivity index (χ0n) is 41.1. The molecule has 4 atom stereocenters. The van der Waals surface area contributed by atoms with Gasteiger partial charge in [-0.15, -0.1) is 0 Å². The molecule has 4 amide bonds. The van der Waals surface area contributed by atoms with Crippen LogP contribution in [0.3, 0.4) is 0 Å². The van der Waals surface area contributed by atoms with E-state index in [1.54, 1.807) is 4.90 Å². The standard InChI is InChI=1S/C54H65N9O6/c1-32(2)48(55-52(66)69-9)50(64)61-28-10-12-46(61)42-30-40(56-58-42)34-14-18-36(19-15-34)44-26-27-45(63(44)39-24-22-38(23-25-39)54(5,6)7)37-20-16-35(17-21-37)41-31-43(59-57-41)47-13-11-29-62(47)51(65)49(33(3)4)60(8)53(67)68/h14-27,30-33,46-49H,10-13,28-29H2,1-9H3,(H,55,66)(H,56,58)(H,57,59)(H,67,68)/t46-,47-,48-,49-/m0/s1. The van der Waals surface area contributed by atoms with E-state index in [2.05, 4.69) is 136 Å². The van der Waals surface area contributed by atoms with Crippen LogP contribution in [-0.4, -0.2) is 108 Å². The molecule has 0 spiro atoms. The molecular formula is C54H65N9O6. The molecule has 2 fully saturated rings. The van der Waals surface area contributed by atoms with E-state index in [1.165, 1.54) is 19.7 Å². The quantitative estimate of drug-likeness (QED) is 0.0883. The van der Waals surface area contributed by atoms with E-state index in [-0.39, 0.29) is 41.1 Å². The minimum atomic E-state index is -1.12. The molecule has 4 N–H and O–H groups in total. The highest BCUT2D eigenvalue weighted by atomic mass is 16.5. The molecule has 15 nitrogen and oxygen atoms in total. The van der Waals surface area contributed by atoms with E-state index in [0.29, 0.717) is 13.1 Å². The van der Waals surface area contributed by atoms with Gasteiger partial charge in [0, 0.05) is 37.0 Å². The fourth-order valence-corrected chi connectivity index (χ4v) is 9.98. The van der Waals surface area contributed by atoms with Crippen molar-refractivity contribution in [2.24, 2.45) is 11.8 Å². The lowest BCUT2D eigenvalue weighted by Crippen LogP contribution is -2.51. The highest BCUT2D eigenvalue weighted by Crippen LogP contribution is 2.38. The lowest BCUT2D eigenvalue weighted by atomic mass is 9.87. The number of nitrogens with zero attached hydrogens (tertiary/aromatic N) is 6. The van der Waals surface area contributed by atoms with Gasteiger partial charge in [-0.3, -0.25) is 24.7 Å². The third kappa shape index (κ3) is 9.90. The van der Waals surface area contributed by atoms with Crippen molar-refractivity contribution < 1.29 is 29.0 Å². The molecule has 362 valence electrons. The fraction of sp³-hybridized carbons (Fsp3) is 0.407. The minimum absolute atomic E-state index is 0.00622. The Labute approximate surface area is 404 Å². The molecule has 6 aromatic rings. The Morgan fingerprint density at radius 3 is 1.58 bits per heavy atom. The third-order valence-electron chi connectivity index (χ3n) is 13.8. The number of amides is 4. The summed E-state index contributed by atoms with van der Waals surface area (Å²) in [6.45, 7) is 15.4. The number of nitrogens with one attached hydrogen (secondary N) is 3. The molecule has 2 aliphatic heterocycles. The van der Waals surface area contributed by atoms with Gasteiger partial charge in [-0.2, -0.15) is 10.2 Å². The van der Waals surface area contributed by atoms with Crippen molar-refractivity contribution in [3.05, 3.63) is 114 Å². The lowest BCUT2D eigenvalue weighted by Gasteiger charge is -2.34. The van der Waals surface area contributed by atoms with Crippen molar-refractivity contribution in [1.29, 1.82) is 0 Å². The van der Waals surface area contributed by atoms with E-state index in [9.17, 15) is 24.3 Å². The normalized spacial score (nSPS) is 17.1. The molecular weight excluding hydrogens is 871 g/mol. The maximum atomic E-state index is 13.8. The second-order valence-electron chi connectivity index (χ2n) is 20.1. The van der Waals surface area contributed by atoms with E-state index in [4.69, 9.17) is 4.74 Å². The van der Waals surface area contributed by atoms with Crippen molar-refractivity contribution in [2.45, 2.75) is 104 Å². The number of carbonyl (C=O) groups is 4. The number of likely N-dealkylation sites (tertiary alicyclic amines) is 2. The SMILES string of the molecule is COC(=O)N[C@H](C(=O)N1CCC[C@H]1c1cc(-c2ccc(-c3ccc(-c4ccc(-c5cc([C@@H]6CCCN6C(=O)[C@H](C(C)C)N(C)C(=O)O)[nH]n5)cc4)n3-c3ccc(C(C)(C)C)cc3)cc2)n[nH]1)C(C)C. The van der Waals surface area contributed by atoms with Crippen LogP contribution in [0.4, 0.5) is 9.59 Å².